The van der Waals surface area contributed by atoms with Crippen LogP contribution in [0.25, 0.3) is 0 Å². The Bertz CT molecular complexity index is 417. The molecule has 0 aliphatic heterocycles. The van der Waals surface area contributed by atoms with Crippen LogP contribution in [0, 0.1) is 8.80 Å². The number of thiophene rings is 1. The van der Waals surface area contributed by atoms with E-state index in [4.69, 9.17) is 5.11 Å². The summed E-state index contributed by atoms with van der Waals surface area (Å²) in [5, 5.41) is 13.3. The van der Waals surface area contributed by atoms with E-state index in [1.54, 1.807) is 11.4 Å². The van der Waals surface area contributed by atoms with E-state index in [9.17, 15) is 9.59 Å². The molecule has 0 spiro atoms. The minimum atomic E-state index is -0.989. The summed E-state index contributed by atoms with van der Waals surface area (Å²) in [4.78, 5) is 22.8. The largest absolute Gasteiger partial charge is 0.480 e. The topological polar surface area (TPSA) is 66.4 Å². The molecule has 0 radical (unpaired) electrons. The van der Waals surface area contributed by atoms with Crippen LogP contribution < -0.4 is 5.32 Å². The summed E-state index contributed by atoms with van der Waals surface area (Å²) >= 11 is 3.58. The maximum Gasteiger partial charge on any atom is 0.326 e. The molecule has 0 aliphatic carbocycles. The Kier molecular flexibility index (Phi) is 5.38. The summed E-state index contributed by atoms with van der Waals surface area (Å²) in [6, 6.07) is 0.925. The Hall–Kier alpha value is -0.630. The first-order chi connectivity index (χ1) is 7.90. The van der Waals surface area contributed by atoms with Gasteiger partial charge in [0.2, 0.25) is 0 Å². The van der Waals surface area contributed by atoms with Crippen LogP contribution in [-0.4, -0.2) is 23.0 Å². The van der Waals surface area contributed by atoms with Gasteiger partial charge in [0.1, 0.15) is 6.04 Å². The second-order valence-corrected chi connectivity index (χ2v) is 6.94. The number of carboxylic acid groups (broad SMARTS) is 1. The highest BCUT2D eigenvalue weighted by molar-refractivity contribution is 14.1. The summed E-state index contributed by atoms with van der Waals surface area (Å²) in [5.41, 5.74) is 0.523. The molecule has 2 N–H and O–H groups in total. The van der Waals surface area contributed by atoms with Gasteiger partial charge >= 0.3 is 5.97 Å². The van der Waals surface area contributed by atoms with Crippen LogP contribution in [-0.2, 0) is 4.79 Å². The lowest BCUT2D eigenvalue weighted by atomic mass is 10.0. The number of carboxylic acids is 1. The van der Waals surface area contributed by atoms with Gasteiger partial charge < -0.3 is 10.4 Å². The molecule has 0 unspecified atom stereocenters. The lowest BCUT2D eigenvalue weighted by molar-refractivity contribution is -0.139. The number of halogens is 1. The van der Waals surface area contributed by atoms with E-state index >= 15 is 0 Å². The molecule has 1 atom stereocenters. The minimum absolute atomic E-state index is 0.221. The molecule has 1 amide bonds. The van der Waals surface area contributed by atoms with Gasteiger partial charge in [0, 0.05) is 5.38 Å². The van der Waals surface area contributed by atoms with Crippen molar-refractivity contribution in [3.05, 3.63) is 19.9 Å². The molecule has 4 nitrogen and oxygen atoms in total. The standard InChI is InChI=1S/C11H14INO3S/c1-6(2)3-8(11(15)16)13-10(14)7-4-9(12)17-5-7/h4-6,8H,3H2,1-2H3,(H,13,14)(H,15,16)/t8-/m0/s1. The highest BCUT2D eigenvalue weighted by atomic mass is 127. The maximum absolute atomic E-state index is 11.8. The van der Waals surface area contributed by atoms with E-state index in [1.165, 1.54) is 11.3 Å². The van der Waals surface area contributed by atoms with Crippen molar-refractivity contribution in [2.24, 2.45) is 5.92 Å². The van der Waals surface area contributed by atoms with Crippen LogP contribution >= 0.6 is 33.9 Å². The van der Waals surface area contributed by atoms with Crippen molar-refractivity contribution in [1.82, 2.24) is 5.32 Å². The number of carbonyl (C=O) groups excluding carboxylic acids is 1. The lowest BCUT2D eigenvalue weighted by Gasteiger charge is -2.15. The summed E-state index contributed by atoms with van der Waals surface area (Å²) < 4.78 is 1.00. The van der Waals surface area contributed by atoms with E-state index in [1.807, 2.05) is 13.8 Å². The van der Waals surface area contributed by atoms with Crippen molar-refractivity contribution in [1.29, 1.82) is 0 Å². The predicted molar refractivity (Wildman–Crippen MR) is 75.4 cm³/mol. The van der Waals surface area contributed by atoms with Gasteiger partial charge in [-0.3, -0.25) is 4.79 Å². The van der Waals surface area contributed by atoms with Crippen molar-refractivity contribution in [3.8, 4) is 0 Å². The molecule has 0 saturated carbocycles. The van der Waals surface area contributed by atoms with Gasteiger partial charge in [0.05, 0.1) is 8.45 Å². The third-order valence-electron chi connectivity index (χ3n) is 2.14. The maximum atomic E-state index is 11.8. The van der Waals surface area contributed by atoms with Gasteiger partial charge in [0.15, 0.2) is 0 Å². The zero-order chi connectivity index (χ0) is 13.0. The van der Waals surface area contributed by atoms with Crippen LogP contribution in [0.3, 0.4) is 0 Å². The van der Waals surface area contributed by atoms with Crippen molar-refractivity contribution < 1.29 is 14.7 Å². The second-order valence-electron chi connectivity index (χ2n) is 4.13. The monoisotopic (exact) mass is 367 g/mol. The molecule has 1 heterocycles. The highest BCUT2D eigenvalue weighted by Gasteiger charge is 2.22. The molecule has 94 valence electrons. The van der Waals surface area contributed by atoms with E-state index in [0.717, 1.165) is 2.88 Å². The summed E-state index contributed by atoms with van der Waals surface area (Å²) in [5.74, 6) is -1.09. The lowest BCUT2D eigenvalue weighted by Crippen LogP contribution is -2.41. The number of aliphatic carboxylic acids is 1. The second kappa shape index (κ2) is 6.34. The van der Waals surface area contributed by atoms with Gasteiger partial charge in [-0.15, -0.1) is 11.3 Å². The normalized spacial score (nSPS) is 12.5. The van der Waals surface area contributed by atoms with E-state index < -0.39 is 12.0 Å². The fourth-order valence-electron chi connectivity index (χ4n) is 1.36. The van der Waals surface area contributed by atoms with Gasteiger partial charge in [-0.1, -0.05) is 13.8 Å². The summed E-state index contributed by atoms with van der Waals surface area (Å²) in [6.07, 6.45) is 0.433. The molecule has 0 fully saturated rings. The quantitative estimate of drug-likeness (QED) is 0.787. The average molecular weight is 367 g/mol. The van der Waals surface area contributed by atoms with Crippen molar-refractivity contribution in [3.63, 3.8) is 0 Å². The third kappa shape index (κ3) is 4.63. The Balaban J connectivity index is 2.67. The van der Waals surface area contributed by atoms with Gasteiger partial charge in [-0.2, -0.15) is 0 Å². The van der Waals surface area contributed by atoms with E-state index in [-0.39, 0.29) is 11.8 Å². The molecule has 0 aromatic carbocycles. The highest BCUT2D eigenvalue weighted by Crippen LogP contribution is 2.17. The van der Waals surface area contributed by atoms with Crippen molar-refractivity contribution >= 4 is 45.8 Å². The number of carbonyl (C=O) groups is 2. The molecule has 6 heteroatoms. The molecular formula is C11H14INO3S. The molecule has 1 aromatic rings. The first-order valence-electron chi connectivity index (χ1n) is 5.18. The number of nitrogens with one attached hydrogen (secondary N) is 1. The molecule has 0 bridgehead atoms. The Morgan fingerprint density at radius 3 is 2.59 bits per heavy atom. The first kappa shape index (κ1) is 14.4. The Morgan fingerprint density at radius 1 is 1.53 bits per heavy atom. The number of amides is 1. The number of hydrogen-bond acceptors (Lipinski definition) is 3. The van der Waals surface area contributed by atoms with E-state index in [2.05, 4.69) is 27.9 Å². The number of hydrogen-bond donors (Lipinski definition) is 2. The predicted octanol–water partition coefficient (Wildman–Crippen LogP) is 2.58. The zero-order valence-corrected chi connectivity index (χ0v) is 12.5. The fourth-order valence-corrected chi connectivity index (χ4v) is 2.69. The molecule has 1 aromatic heterocycles. The van der Waals surface area contributed by atoms with Gasteiger partial charge in [-0.25, -0.2) is 4.79 Å². The molecule has 0 saturated heterocycles. The summed E-state index contributed by atoms with van der Waals surface area (Å²) in [7, 11) is 0. The Morgan fingerprint density at radius 2 is 2.18 bits per heavy atom. The van der Waals surface area contributed by atoms with Crippen molar-refractivity contribution in [2.75, 3.05) is 0 Å². The molecular weight excluding hydrogens is 353 g/mol. The minimum Gasteiger partial charge on any atom is -0.480 e. The van der Waals surface area contributed by atoms with Crippen LogP contribution in [0.2, 0.25) is 0 Å². The molecule has 1 rings (SSSR count). The van der Waals surface area contributed by atoms with Crippen LogP contribution in [0.5, 0.6) is 0 Å². The average Bonchev–Trinajstić information content (AvgIpc) is 2.63. The first-order valence-corrected chi connectivity index (χ1v) is 7.13. The van der Waals surface area contributed by atoms with Gasteiger partial charge in [-0.05, 0) is 41.0 Å². The fraction of sp³-hybridized carbons (Fsp3) is 0.455. The van der Waals surface area contributed by atoms with Crippen LogP contribution in [0.1, 0.15) is 30.6 Å². The van der Waals surface area contributed by atoms with Crippen LogP contribution in [0.4, 0.5) is 0 Å². The third-order valence-corrected chi connectivity index (χ3v) is 3.93. The van der Waals surface area contributed by atoms with Crippen LogP contribution in [0.15, 0.2) is 11.4 Å². The van der Waals surface area contributed by atoms with Crippen molar-refractivity contribution in [2.45, 2.75) is 26.3 Å². The van der Waals surface area contributed by atoms with E-state index in [0.29, 0.717) is 12.0 Å². The SMILES string of the molecule is CC(C)C[C@H](NC(=O)c1csc(I)c1)C(=O)O. The zero-order valence-electron chi connectivity index (χ0n) is 9.57. The Labute approximate surface area is 118 Å². The molecule has 0 aliphatic rings. The smallest absolute Gasteiger partial charge is 0.326 e. The number of rotatable bonds is 5. The molecule has 17 heavy (non-hydrogen) atoms. The summed E-state index contributed by atoms with van der Waals surface area (Å²) in [6.45, 7) is 3.85. The van der Waals surface area contributed by atoms with Gasteiger partial charge in [0.25, 0.3) is 5.91 Å².